The maximum Gasteiger partial charge on any atom is 0.229 e. The van der Waals surface area contributed by atoms with Crippen molar-refractivity contribution in [3.63, 3.8) is 0 Å². The molecule has 2 N–H and O–H groups in total. The topological polar surface area (TPSA) is 66.9 Å². The van der Waals surface area contributed by atoms with Crippen molar-refractivity contribution >= 4 is 45.0 Å². The Hall–Kier alpha value is -1.34. The summed E-state index contributed by atoms with van der Waals surface area (Å²) in [5, 5.41) is 8.71. The number of anilines is 1. The molecule has 0 atom stereocenters. The summed E-state index contributed by atoms with van der Waals surface area (Å²) in [4.78, 5) is 21.0. The second-order valence-electron chi connectivity index (χ2n) is 3.54. The van der Waals surface area contributed by atoms with Gasteiger partial charge < -0.3 is 10.6 Å². The van der Waals surface area contributed by atoms with E-state index in [2.05, 4.69) is 20.6 Å². The molecular weight excluding hydrogens is 268 g/mol. The maximum atomic E-state index is 11.1. The minimum Gasteiger partial charge on any atom is -0.372 e. The quantitative estimate of drug-likeness (QED) is 0.874. The smallest absolute Gasteiger partial charge is 0.229 e. The SMILES string of the molecule is CNC(=O)CSCc1nc(NC)c2ccsc2n1. The summed E-state index contributed by atoms with van der Waals surface area (Å²) >= 11 is 3.10. The molecule has 18 heavy (non-hydrogen) atoms. The minimum atomic E-state index is 0.0195. The summed E-state index contributed by atoms with van der Waals surface area (Å²) in [5.74, 6) is 2.68. The Balaban J connectivity index is 2.11. The van der Waals surface area contributed by atoms with Crippen molar-refractivity contribution in [3.05, 3.63) is 17.3 Å². The molecule has 96 valence electrons. The van der Waals surface area contributed by atoms with Crippen LogP contribution in [0.4, 0.5) is 5.82 Å². The van der Waals surface area contributed by atoms with E-state index in [-0.39, 0.29) is 5.91 Å². The van der Waals surface area contributed by atoms with Gasteiger partial charge in [0.25, 0.3) is 0 Å². The lowest BCUT2D eigenvalue weighted by molar-refractivity contribution is -0.118. The number of nitrogens with zero attached hydrogens (tertiary/aromatic N) is 2. The number of carbonyl (C=O) groups is 1. The van der Waals surface area contributed by atoms with Gasteiger partial charge in [-0.3, -0.25) is 4.79 Å². The van der Waals surface area contributed by atoms with Gasteiger partial charge in [-0.05, 0) is 11.4 Å². The van der Waals surface area contributed by atoms with Gasteiger partial charge in [0.05, 0.1) is 16.9 Å². The summed E-state index contributed by atoms with van der Waals surface area (Å²) in [6, 6.07) is 2.01. The van der Waals surface area contributed by atoms with E-state index < -0.39 is 0 Å². The fourth-order valence-electron chi connectivity index (χ4n) is 1.46. The molecule has 0 aliphatic heterocycles. The molecule has 0 aromatic carbocycles. The maximum absolute atomic E-state index is 11.1. The molecule has 2 heterocycles. The number of aromatic nitrogens is 2. The molecule has 1 amide bonds. The number of fused-ring (bicyclic) bond motifs is 1. The number of nitrogens with one attached hydrogen (secondary N) is 2. The third-order valence-electron chi connectivity index (χ3n) is 2.35. The third-order valence-corrected chi connectivity index (χ3v) is 4.09. The molecule has 7 heteroatoms. The Kier molecular flexibility index (Phi) is 4.38. The first kappa shape index (κ1) is 13.1. The number of thiophene rings is 1. The van der Waals surface area contributed by atoms with Crippen LogP contribution >= 0.6 is 23.1 Å². The van der Waals surface area contributed by atoms with Crippen LogP contribution in [-0.4, -0.2) is 35.7 Å². The number of hydrogen-bond acceptors (Lipinski definition) is 6. The molecule has 2 aromatic rings. The predicted octanol–water partition coefficient (Wildman–Crippen LogP) is 1.71. The lowest BCUT2D eigenvalue weighted by Gasteiger charge is -2.05. The fraction of sp³-hybridized carbons (Fsp3) is 0.364. The first-order chi connectivity index (χ1) is 8.74. The number of rotatable bonds is 5. The lowest BCUT2D eigenvalue weighted by atomic mass is 10.4. The highest BCUT2D eigenvalue weighted by atomic mass is 32.2. The van der Waals surface area contributed by atoms with E-state index in [4.69, 9.17) is 0 Å². The Morgan fingerprint density at radius 2 is 2.28 bits per heavy atom. The van der Waals surface area contributed by atoms with Crippen LogP contribution in [0.2, 0.25) is 0 Å². The molecule has 0 radical (unpaired) electrons. The molecule has 0 spiro atoms. The van der Waals surface area contributed by atoms with Crippen LogP contribution in [-0.2, 0) is 10.5 Å². The summed E-state index contributed by atoms with van der Waals surface area (Å²) < 4.78 is 0. The standard InChI is InChI=1S/C11H14N4OS2/c1-12-9(16)6-17-5-8-14-10(13-2)7-3-4-18-11(7)15-8/h3-4H,5-6H2,1-2H3,(H,12,16)(H,13,14,15). The van der Waals surface area contributed by atoms with E-state index in [0.717, 1.165) is 21.9 Å². The molecule has 0 unspecified atom stereocenters. The molecule has 0 aliphatic rings. The molecule has 2 aromatic heterocycles. The van der Waals surface area contributed by atoms with E-state index in [1.807, 2.05) is 18.5 Å². The van der Waals surface area contributed by atoms with Gasteiger partial charge in [0.1, 0.15) is 16.5 Å². The monoisotopic (exact) mass is 282 g/mol. The summed E-state index contributed by atoms with van der Waals surface area (Å²) in [7, 11) is 3.48. The number of hydrogen-bond donors (Lipinski definition) is 2. The van der Waals surface area contributed by atoms with Crippen LogP contribution in [0.3, 0.4) is 0 Å². The van der Waals surface area contributed by atoms with Gasteiger partial charge in [0.2, 0.25) is 5.91 Å². The van der Waals surface area contributed by atoms with Gasteiger partial charge in [-0.25, -0.2) is 9.97 Å². The molecule has 0 saturated heterocycles. The van der Waals surface area contributed by atoms with E-state index in [9.17, 15) is 4.79 Å². The van der Waals surface area contributed by atoms with Crippen molar-refractivity contribution in [2.75, 3.05) is 25.2 Å². The van der Waals surface area contributed by atoms with E-state index >= 15 is 0 Å². The largest absolute Gasteiger partial charge is 0.372 e. The van der Waals surface area contributed by atoms with Crippen LogP contribution < -0.4 is 10.6 Å². The van der Waals surface area contributed by atoms with Crippen molar-refractivity contribution in [3.8, 4) is 0 Å². The predicted molar refractivity (Wildman–Crippen MR) is 77.2 cm³/mol. The summed E-state index contributed by atoms with van der Waals surface area (Å²) in [6.07, 6.45) is 0. The van der Waals surface area contributed by atoms with Crippen LogP contribution in [0, 0.1) is 0 Å². The van der Waals surface area contributed by atoms with Gasteiger partial charge in [-0.15, -0.1) is 23.1 Å². The van der Waals surface area contributed by atoms with Gasteiger partial charge in [-0.2, -0.15) is 0 Å². The first-order valence-electron chi connectivity index (χ1n) is 5.44. The minimum absolute atomic E-state index is 0.0195. The highest BCUT2D eigenvalue weighted by Gasteiger charge is 2.08. The average molecular weight is 282 g/mol. The summed E-state index contributed by atoms with van der Waals surface area (Å²) in [6.45, 7) is 0. The van der Waals surface area contributed by atoms with Crippen LogP contribution in [0.25, 0.3) is 10.2 Å². The normalized spacial score (nSPS) is 10.6. The number of carbonyl (C=O) groups excluding carboxylic acids is 1. The average Bonchev–Trinajstić information content (AvgIpc) is 2.85. The third kappa shape index (κ3) is 2.91. The Morgan fingerprint density at radius 1 is 1.44 bits per heavy atom. The molecule has 0 aliphatic carbocycles. The van der Waals surface area contributed by atoms with Gasteiger partial charge in [0, 0.05) is 14.1 Å². The van der Waals surface area contributed by atoms with Crippen LogP contribution in [0.5, 0.6) is 0 Å². The van der Waals surface area contributed by atoms with Crippen molar-refractivity contribution < 1.29 is 4.79 Å². The molecule has 0 fully saturated rings. The zero-order valence-corrected chi connectivity index (χ0v) is 11.8. The van der Waals surface area contributed by atoms with Crippen LogP contribution in [0.1, 0.15) is 5.82 Å². The van der Waals surface area contributed by atoms with Gasteiger partial charge >= 0.3 is 0 Å². The molecule has 0 saturated carbocycles. The van der Waals surface area contributed by atoms with E-state index in [1.54, 1.807) is 18.4 Å². The second kappa shape index (κ2) is 6.01. The number of thioether (sulfide) groups is 1. The van der Waals surface area contributed by atoms with Crippen LogP contribution in [0.15, 0.2) is 11.4 Å². The first-order valence-corrected chi connectivity index (χ1v) is 7.48. The fourth-order valence-corrected chi connectivity index (χ4v) is 2.99. The Bertz CT molecular complexity index is 555. The van der Waals surface area contributed by atoms with Gasteiger partial charge in [0.15, 0.2) is 0 Å². The van der Waals surface area contributed by atoms with Crippen molar-refractivity contribution in [2.45, 2.75) is 5.75 Å². The molecular formula is C11H14N4OS2. The van der Waals surface area contributed by atoms with Crippen molar-refractivity contribution in [1.82, 2.24) is 15.3 Å². The Labute approximate surface area is 113 Å². The van der Waals surface area contributed by atoms with Crippen molar-refractivity contribution in [2.24, 2.45) is 0 Å². The lowest BCUT2D eigenvalue weighted by Crippen LogP contribution is -2.19. The number of amides is 1. The summed E-state index contributed by atoms with van der Waals surface area (Å²) in [5.41, 5.74) is 0. The van der Waals surface area contributed by atoms with E-state index in [1.165, 1.54) is 11.8 Å². The molecule has 2 rings (SSSR count). The highest BCUT2D eigenvalue weighted by molar-refractivity contribution is 7.99. The molecule has 5 nitrogen and oxygen atoms in total. The highest BCUT2D eigenvalue weighted by Crippen LogP contribution is 2.25. The van der Waals surface area contributed by atoms with E-state index in [0.29, 0.717) is 11.5 Å². The zero-order valence-electron chi connectivity index (χ0n) is 10.2. The molecule has 0 bridgehead atoms. The second-order valence-corrected chi connectivity index (χ2v) is 5.42. The Morgan fingerprint density at radius 3 is 3.00 bits per heavy atom. The van der Waals surface area contributed by atoms with Gasteiger partial charge in [-0.1, -0.05) is 0 Å². The van der Waals surface area contributed by atoms with Crippen molar-refractivity contribution in [1.29, 1.82) is 0 Å². The zero-order chi connectivity index (χ0) is 13.0.